The van der Waals surface area contributed by atoms with Crippen molar-refractivity contribution >= 4 is 17.2 Å². The van der Waals surface area contributed by atoms with Crippen LogP contribution in [0.1, 0.15) is 43.2 Å². The molecule has 4 heteroatoms. The second kappa shape index (κ2) is 10.4. The minimum absolute atomic E-state index is 0.0403. The van der Waals surface area contributed by atoms with Crippen LogP contribution >= 0.6 is 0 Å². The van der Waals surface area contributed by atoms with Crippen molar-refractivity contribution in [3.05, 3.63) is 119 Å². The Morgan fingerprint density at radius 1 is 0.667 bits per heavy atom. The van der Waals surface area contributed by atoms with Crippen LogP contribution in [0.15, 0.2) is 97.1 Å². The molecular weight excluding hydrogens is 478 g/mol. The van der Waals surface area contributed by atoms with Crippen LogP contribution in [-0.2, 0) is 5.41 Å². The Bertz CT molecular complexity index is 1630. The van der Waals surface area contributed by atoms with Gasteiger partial charge < -0.3 is 5.11 Å². The van der Waals surface area contributed by atoms with E-state index in [0.29, 0.717) is 0 Å². The molecule has 39 heavy (non-hydrogen) atoms. The van der Waals surface area contributed by atoms with Gasteiger partial charge in [-0.1, -0.05) is 75.4 Å². The molecule has 196 valence electrons. The van der Waals surface area contributed by atoms with Crippen LogP contribution in [-0.4, -0.2) is 15.1 Å². The Morgan fingerprint density at radius 2 is 1.31 bits per heavy atom. The lowest BCUT2D eigenvalue weighted by atomic mass is 9.84. The third-order valence-electron chi connectivity index (χ3n) is 7.01. The smallest absolute Gasteiger partial charge is 0.138 e. The maximum atomic E-state index is 10.6. The third-order valence-corrected chi connectivity index (χ3v) is 7.01. The Labute approximate surface area is 231 Å². The van der Waals surface area contributed by atoms with E-state index in [0.717, 1.165) is 45.4 Å². The lowest BCUT2D eigenvalue weighted by molar-refractivity contribution is 0.477. The highest BCUT2D eigenvalue weighted by Gasteiger charge is 2.23. The van der Waals surface area contributed by atoms with Crippen molar-refractivity contribution in [2.24, 2.45) is 0 Å². The van der Waals surface area contributed by atoms with E-state index < -0.39 is 0 Å². The Kier molecular flexibility index (Phi) is 6.96. The molecule has 3 aromatic carbocycles. The molecule has 0 unspecified atom stereocenters. The molecule has 5 aromatic rings. The molecule has 0 atom stereocenters. The first-order valence-corrected chi connectivity index (χ1v) is 13.3. The maximum absolute atomic E-state index is 10.6. The number of aromatic nitrogens is 2. The fourth-order valence-electron chi connectivity index (χ4n) is 5.02. The van der Waals surface area contributed by atoms with Gasteiger partial charge in [0.25, 0.3) is 0 Å². The third kappa shape index (κ3) is 5.42. The molecule has 0 bridgehead atoms. The number of hydrogen-bond donors (Lipinski definition) is 1. The summed E-state index contributed by atoms with van der Waals surface area (Å²) in [6.45, 7) is 13.1. The van der Waals surface area contributed by atoms with Gasteiger partial charge in [-0.05, 0) is 90.9 Å². The minimum Gasteiger partial charge on any atom is -0.507 e. The summed E-state index contributed by atoms with van der Waals surface area (Å²) < 4.78 is 0. The molecule has 0 saturated heterocycles. The molecule has 0 aliphatic heterocycles. The van der Waals surface area contributed by atoms with Gasteiger partial charge in [0.2, 0.25) is 0 Å². The van der Waals surface area contributed by atoms with E-state index in [4.69, 9.17) is 9.97 Å². The summed E-state index contributed by atoms with van der Waals surface area (Å²) in [5.74, 6) is 1.06. The number of pyridine rings is 2. The predicted molar refractivity (Wildman–Crippen MR) is 162 cm³/mol. The van der Waals surface area contributed by atoms with Crippen molar-refractivity contribution in [2.75, 3.05) is 4.90 Å². The fraction of sp³-hybridized carbons (Fsp3) is 0.200. The highest BCUT2D eigenvalue weighted by Crippen LogP contribution is 2.42. The van der Waals surface area contributed by atoms with Crippen molar-refractivity contribution in [3.63, 3.8) is 0 Å². The molecule has 0 spiro atoms. The molecule has 0 amide bonds. The maximum Gasteiger partial charge on any atom is 0.138 e. The summed E-state index contributed by atoms with van der Waals surface area (Å²) >= 11 is 0. The number of anilines is 3. The van der Waals surface area contributed by atoms with Gasteiger partial charge in [0.1, 0.15) is 11.6 Å². The topological polar surface area (TPSA) is 49.2 Å². The van der Waals surface area contributed by atoms with Gasteiger partial charge in [-0.15, -0.1) is 0 Å². The standard InChI is InChI=1S/C35H35N3O/c1-23-20-27(35(4,5)6)21-24(2)34(23)38(28-14-10-13-26(22-28)29-15-7-8-18-32(29)39)33-19-11-17-31(37-33)30-16-9-12-25(3)36-30/h7-22,39H,1-6H3. The normalized spacial score (nSPS) is 11.4. The van der Waals surface area contributed by atoms with E-state index in [1.54, 1.807) is 6.07 Å². The first-order chi connectivity index (χ1) is 18.6. The van der Waals surface area contributed by atoms with Crippen molar-refractivity contribution in [2.45, 2.75) is 47.0 Å². The van der Waals surface area contributed by atoms with Gasteiger partial charge in [-0.25, -0.2) is 4.98 Å². The van der Waals surface area contributed by atoms with E-state index in [1.165, 1.54) is 16.7 Å². The van der Waals surface area contributed by atoms with Crippen molar-refractivity contribution in [3.8, 4) is 28.3 Å². The molecule has 0 radical (unpaired) electrons. The van der Waals surface area contributed by atoms with E-state index in [1.807, 2.05) is 73.7 Å². The van der Waals surface area contributed by atoms with Crippen LogP contribution in [0, 0.1) is 20.8 Å². The first kappa shape index (κ1) is 26.2. The van der Waals surface area contributed by atoms with Crippen molar-refractivity contribution in [1.82, 2.24) is 9.97 Å². The van der Waals surface area contributed by atoms with Crippen LogP contribution in [0.25, 0.3) is 22.5 Å². The largest absolute Gasteiger partial charge is 0.507 e. The molecular formula is C35H35N3O. The van der Waals surface area contributed by atoms with Crippen LogP contribution in [0.3, 0.4) is 0 Å². The number of aryl methyl sites for hydroxylation is 3. The van der Waals surface area contributed by atoms with Crippen LogP contribution in [0.4, 0.5) is 17.2 Å². The molecule has 5 rings (SSSR count). The van der Waals surface area contributed by atoms with Gasteiger partial charge in [-0.2, -0.15) is 0 Å². The highest BCUT2D eigenvalue weighted by atomic mass is 16.3. The van der Waals surface area contributed by atoms with Gasteiger partial charge >= 0.3 is 0 Å². The lowest BCUT2D eigenvalue weighted by Crippen LogP contribution is -2.17. The second-order valence-electron chi connectivity index (χ2n) is 11.2. The minimum atomic E-state index is 0.0403. The van der Waals surface area contributed by atoms with Gasteiger partial charge in [0.15, 0.2) is 0 Å². The number of benzene rings is 3. The van der Waals surface area contributed by atoms with Crippen molar-refractivity contribution in [1.29, 1.82) is 0 Å². The molecule has 1 N–H and O–H groups in total. The number of rotatable bonds is 5. The average Bonchev–Trinajstić information content (AvgIpc) is 2.90. The van der Waals surface area contributed by atoms with Crippen LogP contribution in [0.2, 0.25) is 0 Å². The lowest BCUT2D eigenvalue weighted by Gasteiger charge is -2.30. The quantitative estimate of drug-likeness (QED) is 0.254. The molecule has 2 aromatic heterocycles. The summed E-state index contributed by atoms with van der Waals surface area (Å²) in [6.07, 6.45) is 0. The predicted octanol–water partition coefficient (Wildman–Crippen LogP) is 9.21. The average molecular weight is 514 g/mol. The van der Waals surface area contributed by atoms with E-state index >= 15 is 0 Å². The SMILES string of the molecule is Cc1cccc(-c2cccc(N(c3cccc(-c4ccccc4O)c3)c3c(C)cc(C(C)(C)C)cc3C)n2)n1. The number of phenolic OH excluding ortho intramolecular Hbond substituents is 1. The highest BCUT2D eigenvalue weighted by molar-refractivity contribution is 5.83. The van der Waals surface area contributed by atoms with E-state index in [2.05, 4.69) is 63.8 Å². The zero-order valence-electron chi connectivity index (χ0n) is 23.5. The van der Waals surface area contributed by atoms with Crippen LogP contribution < -0.4 is 4.90 Å². The van der Waals surface area contributed by atoms with E-state index in [-0.39, 0.29) is 11.2 Å². The monoisotopic (exact) mass is 513 g/mol. The van der Waals surface area contributed by atoms with Gasteiger partial charge in [0, 0.05) is 16.9 Å². The second-order valence-corrected chi connectivity index (χ2v) is 11.2. The van der Waals surface area contributed by atoms with Gasteiger partial charge in [-0.3, -0.25) is 9.88 Å². The number of para-hydroxylation sites is 1. The summed E-state index contributed by atoms with van der Waals surface area (Å²) in [5, 5.41) is 10.6. The van der Waals surface area contributed by atoms with E-state index in [9.17, 15) is 5.11 Å². The Morgan fingerprint density at radius 3 is 1.97 bits per heavy atom. The zero-order chi connectivity index (χ0) is 27.7. The zero-order valence-corrected chi connectivity index (χ0v) is 23.5. The van der Waals surface area contributed by atoms with Crippen molar-refractivity contribution < 1.29 is 5.11 Å². The Hall–Kier alpha value is -4.44. The Balaban J connectivity index is 1.73. The molecule has 4 nitrogen and oxygen atoms in total. The van der Waals surface area contributed by atoms with Crippen LogP contribution in [0.5, 0.6) is 5.75 Å². The first-order valence-electron chi connectivity index (χ1n) is 13.3. The molecule has 0 fully saturated rings. The number of aromatic hydroxyl groups is 1. The fourth-order valence-corrected chi connectivity index (χ4v) is 5.02. The number of nitrogens with zero attached hydrogens (tertiary/aromatic N) is 3. The molecule has 0 aliphatic carbocycles. The summed E-state index contributed by atoms with van der Waals surface area (Å²) in [4.78, 5) is 12.1. The molecule has 0 aliphatic rings. The summed E-state index contributed by atoms with van der Waals surface area (Å²) in [7, 11) is 0. The number of phenols is 1. The summed E-state index contributed by atoms with van der Waals surface area (Å²) in [5.41, 5.74) is 10.1. The number of hydrogen-bond acceptors (Lipinski definition) is 4. The summed E-state index contributed by atoms with van der Waals surface area (Å²) in [6, 6.07) is 32.4. The molecule has 0 saturated carbocycles. The van der Waals surface area contributed by atoms with Gasteiger partial charge in [0.05, 0.1) is 17.1 Å². The molecule has 2 heterocycles.